The highest BCUT2D eigenvalue weighted by Gasteiger charge is 2.35. The molecule has 0 radical (unpaired) electrons. The third-order valence-corrected chi connectivity index (χ3v) is 6.81. The first-order chi connectivity index (χ1) is 15.0. The van der Waals surface area contributed by atoms with Gasteiger partial charge in [-0.2, -0.15) is 0 Å². The highest BCUT2D eigenvalue weighted by atomic mass is 32.1. The maximum Gasteiger partial charge on any atom is 0.333 e. The van der Waals surface area contributed by atoms with Crippen LogP contribution in [0.1, 0.15) is 52.7 Å². The van der Waals surface area contributed by atoms with Crippen molar-refractivity contribution in [2.75, 3.05) is 12.4 Å². The minimum Gasteiger partial charge on any atom is -0.467 e. The summed E-state index contributed by atoms with van der Waals surface area (Å²) in [6, 6.07) is 7.84. The lowest BCUT2D eigenvalue weighted by atomic mass is 9.85. The van der Waals surface area contributed by atoms with Crippen LogP contribution in [0.4, 0.5) is 5.13 Å². The van der Waals surface area contributed by atoms with Crippen LogP contribution in [0.3, 0.4) is 0 Å². The maximum absolute atomic E-state index is 12.9. The van der Waals surface area contributed by atoms with E-state index in [1.165, 1.54) is 7.11 Å². The quantitative estimate of drug-likeness (QED) is 0.666. The van der Waals surface area contributed by atoms with Gasteiger partial charge in [0.15, 0.2) is 17.0 Å². The molecule has 0 aliphatic heterocycles. The van der Waals surface area contributed by atoms with Gasteiger partial charge in [-0.25, -0.2) is 9.78 Å². The number of methoxy groups -OCH3 is 1. The van der Waals surface area contributed by atoms with E-state index in [1.807, 2.05) is 6.07 Å². The van der Waals surface area contributed by atoms with Crippen LogP contribution in [0.5, 0.6) is 0 Å². The molecule has 2 atom stereocenters. The van der Waals surface area contributed by atoms with Gasteiger partial charge in [-0.3, -0.25) is 14.4 Å². The van der Waals surface area contributed by atoms with E-state index < -0.39 is 23.8 Å². The smallest absolute Gasteiger partial charge is 0.333 e. The van der Waals surface area contributed by atoms with Crippen molar-refractivity contribution >= 4 is 40.0 Å². The second kappa shape index (κ2) is 8.97. The summed E-state index contributed by atoms with van der Waals surface area (Å²) in [7, 11) is 1.26. The predicted molar refractivity (Wildman–Crippen MR) is 114 cm³/mol. The van der Waals surface area contributed by atoms with Gasteiger partial charge < -0.3 is 15.4 Å². The summed E-state index contributed by atoms with van der Waals surface area (Å²) in [5.41, 5.74) is 1.11. The number of thiazole rings is 1. The first kappa shape index (κ1) is 21.2. The van der Waals surface area contributed by atoms with Crippen molar-refractivity contribution in [3.63, 3.8) is 0 Å². The molecule has 1 aromatic heterocycles. The Morgan fingerprint density at radius 2 is 1.84 bits per heavy atom. The molecule has 31 heavy (non-hydrogen) atoms. The van der Waals surface area contributed by atoms with E-state index in [-0.39, 0.29) is 30.4 Å². The normalized spacial score (nSPS) is 19.0. The summed E-state index contributed by atoms with van der Waals surface area (Å²) in [4.78, 5) is 54.8. The Morgan fingerprint density at radius 1 is 1.10 bits per heavy atom. The number of fused-ring (bicyclic) bond motifs is 1. The van der Waals surface area contributed by atoms with Gasteiger partial charge in [0, 0.05) is 18.8 Å². The molecular weight excluding hydrogens is 418 g/mol. The topological polar surface area (TPSA) is 114 Å². The van der Waals surface area contributed by atoms with Gasteiger partial charge in [0.2, 0.25) is 11.8 Å². The molecule has 4 rings (SSSR count). The molecule has 2 N–H and O–H groups in total. The fourth-order valence-electron chi connectivity index (χ4n) is 3.75. The number of carbonyl (C=O) groups excluding carboxylic acids is 4. The van der Waals surface area contributed by atoms with Gasteiger partial charge in [-0.1, -0.05) is 48.1 Å². The molecule has 2 amide bonds. The maximum atomic E-state index is 12.9. The Balaban J connectivity index is 1.46. The van der Waals surface area contributed by atoms with Crippen LogP contribution in [0.2, 0.25) is 0 Å². The molecular formula is C22H23N3O5S. The average molecular weight is 442 g/mol. The van der Waals surface area contributed by atoms with Crippen molar-refractivity contribution in [2.45, 2.75) is 38.1 Å². The lowest BCUT2D eigenvalue weighted by Gasteiger charge is -2.23. The zero-order chi connectivity index (χ0) is 22.0. The first-order valence-corrected chi connectivity index (χ1v) is 11.0. The number of ketones is 1. The average Bonchev–Trinajstić information content (AvgIpc) is 3.13. The number of amides is 2. The molecule has 1 aromatic carbocycles. The summed E-state index contributed by atoms with van der Waals surface area (Å²) in [5.74, 6) is -1.87. The standard InChI is InChI=1S/C22H23N3O5S/c1-30-21(29)17(12-6-3-2-4-7-12)24-20(28)14-10-15-18(16(26)11-14)31-22(23-15)25-19(27)13-8-5-9-13/h2-4,6-7,13-14,17H,5,8-11H2,1H3,(H,24,28)(H,23,25,27)/t14-,17-/m0/s1. The Bertz CT molecular complexity index is 1020. The number of aromatic nitrogens is 1. The van der Waals surface area contributed by atoms with E-state index in [0.717, 1.165) is 30.6 Å². The lowest BCUT2D eigenvalue weighted by Crippen LogP contribution is -2.40. The van der Waals surface area contributed by atoms with E-state index in [0.29, 0.717) is 21.3 Å². The Kier molecular flexibility index (Phi) is 6.13. The van der Waals surface area contributed by atoms with E-state index in [2.05, 4.69) is 15.6 Å². The highest BCUT2D eigenvalue weighted by Crippen LogP contribution is 2.34. The van der Waals surface area contributed by atoms with Gasteiger partial charge in [-0.15, -0.1) is 0 Å². The summed E-state index contributed by atoms with van der Waals surface area (Å²) < 4.78 is 4.83. The SMILES string of the molecule is COC(=O)[C@@H](NC(=O)[C@@H]1CC(=O)c2sc(NC(=O)C3CCC3)nc2C1)c1ccccc1. The number of hydrogen-bond donors (Lipinski definition) is 2. The molecule has 0 unspecified atom stereocenters. The van der Waals surface area contributed by atoms with Crippen LogP contribution in [0, 0.1) is 11.8 Å². The van der Waals surface area contributed by atoms with E-state index in [1.54, 1.807) is 24.3 Å². The van der Waals surface area contributed by atoms with Gasteiger partial charge in [0.05, 0.1) is 23.6 Å². The number of hydrogen-bond acceptors (Lipinski definition) is 7. The summed E-state index contributed by atoms with van der Waals surface area (Å²) in [6.45, 7) is 0. The number of ether oxygens (including phenoxy) is 1. The van der Waals surface area contributed by atoms with Crippen LogP contribution >= 0.6 is 11.3 Å². The van der Waals surface area contributed by atoms with E-state index >= 15 is 0 Å². The van der Waals surface area contributed by atoms with Crippen LogP contribution < -0.4 is 10.6 Å². The number of esters is 1. The van der Waals surface area contributed by atoms with Gasteiger partial charge >= 0.3 is 5.97 Å². The zero-order valence-electron chi connectivity index (χ0n) is 17.1. The minimum atomic E-state index is -0.956. The molecule has 162 valence electrons. The van der Waals surface area contributed by atoms with Gasteiger partial charge in [-0.05, 0) is 18.4 Å². The highest BCUT2D eigenvalue weighted by molar-refractivity contribution is 7.17. The van der Waals surface area contributed by atoms with Crippen LogP contribution in [0.15, 0.2) is 30.3 Å². The van der Waals surface area contributed by atoms with Gasteiger partial charge in [0.25, 0.3) is 0 Å². The largest absolute Gasteiger partial charge is 0.467 e. The van der Waals surface area contributed by atoms with Crippen molar-refractivity contribution < 1.29 is 23.9 Å². The third-order valence-electron chi connectivity index (χ3n) is 5.76. The minimum absolute atomic E-state index is 0.0170. The zero-order valence-corrected chi connectivity index (χ0v) is 17.9. The van der Waals surface area contributed by atoms with Crippen LogP contribution in [-0.2, 0) is 25.5 Å². The Hall–Kier alpha value is -3.07. The summed E-state index contributed by atoms with van der Waals surface area (Å²) >= 11 is 1.16. The molecule has 2 aromatic rings. The molecule has 0 bridgehead atoms. The number of nitrogens with zero attached hydrogens (tertiary/aromatic N) is 1. The molecule has 1 heterocycles. The Labute approximate surface area is 183 Å². The van der Waals surface area contributed by atoms with Crippen molar-refractivity contribution in [1.29, 1.82) is 0 Å². The van der Waals surface area contributed by atoms with Crippen LogP contribution in [0.25, 0.3) is 0 Å². The molecule has 1 saturated carbocycles. The third kappa shape index (κ3) is 4.51. The second-order valence-corrected chi connectivity index (χ2v) is 8.81. The molecule has 0 spiro atoms. The number of benzene rings is 1. The summed E-state index contributed by atoms with van der Waals surface area (Å²) in [6.07, 6.45) is 3.10. The van der Waals surface area contributed by atoms with Crippen molar-refractivity contribution in [2.24, 2.45) is 11.8 Å². The first-order valence-electron chi connectivity index (χ1n) is 10.2. The second-order valence-electron chi connectivity index (χ2n) is 7.82. The molecule has 2 aliphatic carbocycles. The molecule has 8 nitrogen and oxygen atoms in total. The van der Waals surface area contributed by atoms with E-state index in [9.17, 15) is 19.2 Å². The molecule has 1 fully saturated rings. The Morgan fingerprint density at radius 3 is 2.48 bits per heavy atom. The van der Waals surface area contributed by atoms with Gasteiger partial charge in [0.1, 0.15) is 0 Å². The number of Topliss-reactive ketones (excluding diaryl/α,β-unsaturated/α-hetero) is 1. The lowest BCUT2D eigenvalue weighted by molar-refractivity contribution is -0.145. The van der Waals surface area contributed by atoms with Crippen LogP contribution in [-0.4, -0.2) is 35.7 Å². The summed E-state index contributed by atoms with van der Waals surface area (Å²) in [5, 5.41) is 5.91. The van der Waals surface area contributed by atoms with Crippen molar-refractivity contribution in [1.82, 2.24) is 10.3 Å². The van der Waals surface area contributed by atoms with E-state index in [4.69, 9.17) is 4.74 Å². The number of carbonyl (C=O) groups is 4. The number of rotatable bonds is 6. The number of nitrogens with one attached hydrogen (secondary N) is 2. The fraction of sp³-hybridized carbons (Fsp3) is 0.409. The molecule has 9 heteroatoms. The van der Waals surface area contributed by atoms with Crippen molar-refractivity contribution in [3.8, 4) is 0 Å². The van der Waals surface area contributed by atoms with Crippen molar-refractivity contribution in [3.05, 3.63) is 46.5 Å². The predicted octanol–water partition coefficient (Wildman–Crippen LogP) is 2.66. The monoisotopic (exact) mass is 441 g/mol. The molecule has 2 aliphatic rings. The molecule has 0 saturated heterocycles. The fourth-order valence-corrected chi connectivity index (χ4v) is 4.69. The number of anilines is 1.